The molecule has 0 aliphatic carbocycles. The molecule has 0 saturated carbocycles. The summed E-state index contributed by atoms with van der Waals surface area (Å²) in [5, 5.41) is 18.2. The fourth-order valence-electron chi connectivity index (χ4n) is 2.21. The summed E-state index contributed by atoms with van der Waals surface area (Å²) in [6.07, 6.45) is 4.34. The number of aliphatic hydroxyl groups excluding tert-OH is 1. The second kappa shape index (κ2) is 6.49. The van der Waals surface area contributed by atoms with Crippen molar-refractivity contribution in [2.45, 2.75) is 45.1 Å². The first kappa shape index (κ1) is 13.0. The molecule has 0 aromatic heterocycles. The fraction of sp³-hybridized carbons (Fsp3) is 0.833. The molecule has 2 unspecified atom stereocenters. The monoisotopic (exact) mass is 224 g/mol. The lowest BCUT2D eigenvalue weighted by Gasteiger charge is -2.35. The Bertz CT molecular complexity index is 273. The molecule has 2 atom stereocenters. The van der Waals surface area contributed by atoms with Crippen LogP contribution in [0, 0.1) is 17.2 Å². The number of hydrogen-bond acceptors (Lipinski definition) is 3. The topological polar surface area (TPSA) is 64.3 Å². The highest BCUT2D eigenvalue weighted by Gasteiger charge is 2.30. The lowest BCUT2D eigenvalue weighted by molar-refractivity contribution is -0.138. The van der Waals surface area contributed by atoms with Gasteiger partial charge in [0.1, 0.15) is 5.92 Å². The summed E-state index contributed by atoms with van der Waals surface area (Å²) < 4.78 is 0. The number of aliphatic hydroxyl groups is 1. The van der Waals surface area contributed by atoms with E-state index in [1.807, 2.05) is 6.92 Å². The van der Waals surface area contributed by atoms with Gasteiger partial charge in [0.05, 0.1) is 18.7 Å². The second-order valence-electron chi connectivity index (χ2n) is 4.33. The van der Waals surface area contributed by atoms with Crippen LogP contribution in [0.2, 0.25) is 0 Å². The molecule has 0 bridgehead atoms. The van der Waals surface area contributed by atoms with Gasteiger partial charge in [-0.25, -0.2) is 0 Å². The Hall–Kier alpha value is -1.08. The predicted molar refractivity (Wildman–Crippen MR) is 60.4 cm³/mol. The highest BCUT2D eigenvalue weighted by Crippen LogP contribution is 2.20. The normalized spacial score (nSPS) is 22.6. The summed E-state index contributed by atoms with van der Waals surface area (Å²) in [6, 6.07) is 2.00. The van der Waals surface area contributed by atoms with Gasteiger partial charge in [-0.15, -0.1) is 0 Å². The first-order valence-electron chi connectivity index (χ1n) is 6.05. The molecular weight excluding hydrogens is 204 g/mol. The molecule has 0 aromatic rings. The largest absolute Gasteiger partial charge is 0.394 e. The Morgan fingerprint density at radius 3 is 2.94 bits per heavy atom. The van der Waals surface area contributed by atoms with Crippen LogP contribution in [0.4, 0.5) is 0 Å². The Morgan fingerprint density at radius 2 is 2.38 bits per heavy atom. The van der Waals surface area contributed by atoms with Crippen molar-refractivity contribution in [1.29, 1.82) is 5.26 Å². The maximum Gasteiger partial charge on any atom is 0.240 e. The SMILES string of the molecule is CCCC(C#N)C(=O)N1CCCCC1CO. The summed E-state index contributed by atoms with van der Waals surface area (Å²) >= 11 is 0. The van der Waals surface area contributed by atoms with Gasteiger partial charge in [0, 0.05) is 6.54 Å². The van der Waals surface area contributed by atoms with Gasteiger partial charge in [0.25, 0.3) is 0 Å². The van der Waals surface area contributed by atoms with E-state index in [4.69, 9.17) is 5.26 Å². The molecule has 1 heterocycles. The first-order chi connectivity index (χ1) is 7.74. The number of rotatable bonds is 4. The molecule has 0 aromatic carbocycles. The smallest absolute Gasteiger partial charge is 0.240 e. The van der Waals surface area contributed by atoms with Crippen LogP contribution in [0.5, 0.6) is 0 Å². The molecule has 0 radical (unpaired) electrons. The van der Waals surface area contributed by atoms with E-state index in [-0.39, 0.29) is 18.6 Å². The minimum atomic E-state index is -0.530. The average molecular weight is 224 g/mol. The summed E-state index contributed by atoms with van der Waals surface area (Å²) in [7, 11) is 0. The molecule has 4 heteroatoms. The molecule has 1 N–H and O–H groups in total. The molecular formula is C12H20N2O2. The van der Waals surface area contributed by atoms with Crippen LogP contribution in [0.25, 0.3) is 0 Å². The zero-order valence-electron chi connectivity index (χ0n) is 9.85. The molecule has 1 fully saturated rings. The van der Waals surface area contributed by atoms with E-state index >= 15 is 0 Å². The highest BCUT2D eigenvalue weighted by atomic mass is 16.3. The maximum atomic E-state index is 12.1. The number of carbonyl (C=O) groups excluding carboxylic acids is 1. The lowest BCUT2D eigenvalue weighted by Crippen LogP contribution is -2.47. The number of piperidine rings is 1. The minimum Gasteiger partial charge on any atom is -0.394 e. The van der Waals surface area contributed by atoms with Gasteiger partial charge < -0.3 is 10.0 Å². The van der Waals surface area contributed by atoms with Crippen molar-refractivity contribution in [3.05, 3.63) is 0 Å². The van der Waals surface area contributed by atoms with E-state index in [9.17, 15) is 9.90 Å². The van der Waals surface area contributed by atoms with Gasteiger partial charge in [-0.3, -0.25) is 4.79 Å². The van der Waals surface area contributed by atoms with Crippen molar-refractivity contribution in [2.24, 2.45) is 5.92 Å². The van der Waals surface area contributed by atoms with E-state index in [0.29, 0.717) is 13.0 Å². The number of carbonyl (C=O) groups is 1. The van der Waals surface area contributed by atoms with Gasteiger partial charge >= 0.3 is 0 Å². The highest BCUT2D eigenvalue weighted by molar-refractivity contribution is 5.81. The van der Waals surface area contributed by atoms with Crippen LogP contribution in [0.15, 0.2) is 0 Å². The van der Waals surface area contributed by atoms with Crippen LogP contribution < -0.4 is 0 Å². The third-order valence-corrected chi connectivity index (χ3v) is 3.15. The molecule has 0 spiro atoms. The van der Waals surface area contributed by atoms with Gasteiger partial charge in [0.2, 0.25) is 5.91 Å². The molecule has 1 aliphatic rings. The zero-order chi connectivity index (χ0) is 12.0. The number of likely N-dealkylation sites (tertiary alicyclic amines) is 1. The number of amides is 1. The third kappa shape index (κ3) is 2.96. The van der Waals surface area contributed by atoms with E-state index in [1.165, 1.54) is 0 Å². The van der Waals surface area contributed by atoms with Crippen molar-refractivity contribution >= 4 is 5.91 Å². The number of nitriles is 1. The van der Waals surface area contributed by atoms with Crippen molar-refractivity contribution in [2.75, 3.05) is 13.2 Å². The fourth-order valence-corrected chi connectivity index (χ4v) is 2.21. The standard InChI is InChI=1S/C12H20N2O2/c1-2-5-10(8-13)12(16)14-7-4-3-6-11(14)9-15/h10-11,15H,2-7,9H2,1H3. The molecule has 90 valence electrons. The lowest BCUT2D eigenvalue weighted by atomic mass is 9.98. The van der Waals surface area contributed by atoms with Crippen molar-refractivity contribution in [3.8, 4) is 6.07 Å². The Labute approximate surface area is 96.9 Å². The first-order valence-corrected chi connectivity index (χ1v) is 6.05. The van der Waals surface area contributed by atoms with Gasteiger partial charge in [0.15, 0.2) is 0 Å². The summed E-state index contributed by atoms with van der Waals surface area (Å²) in [6.45, 7) is 2.67. The second-order valence-corrected chi connectivity index (χ2v) is 4.33. The zero-order valence-corrected chi connectivity index (χ0v) is 9.85. The molecule has 4 nitrogen and oxygen atoms in total. The van der Waals surface area contributed by atoms with Crippen LogP contribution in [0.3, 0.4) is 0 Å². The van der Waals surface area contributed by atoms with Crippen LogP contribution >= 0.6 is 0 Å². The maximum absolute atomic E-state index is 12.1. The molecule has 1 rings (SSSR count). The van der Waals surface area contributed by atoms with Gasteiger partial charge in [-0.05, 0) is 25.7 Å². The summed E-state index contributed by atoms with van der Waals surface area (Å²) in [4.78, 5) is 13.8. The predicted octanol–water partition coefficient (Wildman–Crippen LogP) is 1.30. The summed E-state index contributed by atoms with van der Waals surface area (Å²) in [5.74, 6) is -0.625. The Balaban J connectivity index is 2.66. The Kier molecular flexibility index (Phi) is 5.27. The van der Waals surface area contributed by atoms with E-state index in [0.717, 1.165) is 25.7 Å². The average Bonchev–Trinajstić information content (AvgIpc) is 2.35. The van der Waals surface area contributed by atoms with Crippen molar-refractivity contribution in [1.82, 2.24) is 4.90 Å². The van der Waals surface area contributed by atoms with Gasteiger partial charge in [-0.2, -0.15) is 5.26 Å². The van der Waals surface area contributed by atoms with Gasteiger partial charge in [-0.1, -0.05) is 13.3 Å². The molecule has 1 aliphatic heterocycles. The Morgan fingerprint density at radius 1 is 1.62 bits per heavy atom. The van der Waals surface area contributed by atoms with Crippen LogP contribution in [0.1, 0.15) is 39.0 Å². The van der Waals surface area contributed by atoms with Crippen LogP contribution in [-0.2, 0) is 4.79 Å². The molecule has 1 amide bonds. The van der Waals surface area contributed by atoms with E-state index in [1.54, 1.807) is 4.90 Å². The van der Waals surface area contributed by atoms with Crippen molar-refractivity contribution < 1.29 is 9.90 Å². The number of hydrogen-bond donors (Lipinski definition) is 1. The number of nitrogens with zero attached hydrogens (tertiary/aromatic N) is 2. The summed E-state index contributed by atoms with van der Waals surface area (Å²) in [5.41, 5.74) is 0. The molecule has 16 heavy (non-hydrogen) atoms. The van der Waals surface area contributed by atoms with Crippen molar-refractivity contribution in [3.63, 3.8) is 0 Å². The molecule has 1 saturated heterocycles. The third-order valence-electron chi connectivity index (χ3n) is 3.15. The van der Waals surface area contributed by atoms with Crippen LogP contribution in [-0.4, -0.2) is 35.1 Å². The van der Waals surface area contributed by atoms with E-state index in [2.05, 4.69) is 6.07 Å². The van der Waals surface area contributed by atoms with E-state index < -0.39 is 5.92 Å². The minimum absolute atomic E-state index is 0.00993. The quantitative estimate of drug-likeness (QED) is 0.782.